The van der Waals surface area contributed by atoms with Crippen LogP contribution in [0.25, 0.3) is 21.7 Å². The lowest BCUT2D eigenvalue weighted by Gasteiger charge is -2.31. The molecule has 1 fully saturated rings. The second-order valence-corrected chi connectivity index (χ2v) is 17.6. The van der Waals surface area contributed by atoms with Gasteiger partial charge >= 0.3 is 12.2 Å². The van der Waals surface area contributed by atoms with Gasteiger partial charge in [-0.05, 0) is 42.3 Å². The molecule has 3 aromatic carbocycles. The number of imide groups is 1. The number of hydrogen-bond acceptors (Lipinski definition) is 16. The van der Waals surface area contributed by atoms with Crippen LogP contribution in [-0.2, 0) is 42.9 Å². The molecule has 0 bridgehead atoms. The average Bonchev–Trinajstić information content (AvgIpc) is 4.10. The highest BCUT2D eigenvalue weighted by Crippen LogP contribution is 2.46. The van der Waals surface area contributed by atoms with Crippen LogP contribution in [0.15, 0.2) is 71.2 Å². The molecule has 3 N–H and O–H groups in total. The molecule has 0 spiro atoms. The zero-order valence-corrected chi connectivity index (χ0v) is 42.0. The van der Waals surface area contributed by atoms with E-state index in [1.807, 2.05) is 31.3 Å². The number of nitrogens with zero attached hydrogens (tertiary/aromatic N) is 4. The quantitative estimate of drug-likeness (QED) is 0.0419. The summed E-state index contributed by atoms with van der Waals surface area (Å²) in [4.78, 5) is 93.2. The Morgan fingerprint density at radius 3 is 2.04 bits per heavy atom. The van der Waals surface area contributed by atoms with E-state index in [0.717, 1.165) is 34.3 Å². The van der Waals surface area contributed by atoms with E-state index in [-0.39, 0.29) is 101 Å². The third-order valence-electron chi connectivity index (χ3n) is 12.1. The number of halogens is 1. The molecule has 0 unspecified atom stereocenters. The summed E-state index contributed by atoms with van der Waals surface area (Å²) in [6.07, 6.45) is 1.38. The number of nitrogens with one attached hydrogen (secondary N) is 3. The molecule has 23 heteroatoms. The fourth-order valence-corrected chi connectivity index (χ4v) is 8.50. The van der Waals surface area contributed by atoms with E-state index in [4.69, 9.17) is 49.2 Å². The highest BCUT2D eigenvalue weighted by molar-refractivity contribution is 6.19. The summed E-state index contributed by atoms with van der Waals surface area (Å²) in [5.74, 6) is -0.680. The number of carbonyl (C=O) groups excluding carboxylic acids is 7. The van der Waals surface area contributed by atoms with Crippen LogP contribution in [0, 0.1) is 0 Å². The van der Waals surface area contributed by atoms with Crippen molar-refractivity contribution in [3.63, 3.8) is 0 Å². The van der Waals surface area contributed by atoms with Gasteiger partial charge in [0.05, 0.1) is 71.6 Å². The van der Waals surface area contributed by atoms with Crippen molar-refractivity contribution in [1.29, 1.82) is 0 Å². The first-order valence-electron chi connectivity index (χ1n) is 24.5. The Morgan fingerprint density at radius 1 is 0.703 bits per heavy atom. The van der Waals surface area contributed by atoms with Crippen molar-refractivity contribution in [3.05, 3.63) is 78.1 Å². The molecule has 398 valence electrons. The van der Waals surface area contributed by atoms with Gasteiger partial charge in [0.15, 0.2) is 5.76 Å². The van der Waals surface area contributed by atoms with Crippen LogP contribution in [0.3, 0.4) is 0 Å². The van der Waals surface area contributed by atoms with Gasteiger partial charge in [0, 0.05) is 99.4 Å². The number of alkyl halides is 1. The number of piperazine rings is 1. The van der Waals surface area contributed by atoms with Crippen LogP contribution in [0.2, 0.25) is 0 Å². The van der Waals surface area contributed by atoms with Crippen molar-refractivity contribution in [2.24, 2.45) is 0 Å². The fraction of sp³-hybridized carbons (Fsp3) is 0.471. The van der Waals surface area contributed by atoms with Gasteiger partial charge in [-0.1, -0.05) is 24.3 Å². The maximum atomic E-state index is 14.2. The minimum atomic E-state index is -0.672. The fourth-order valence-electron chi connectivity index (χ4n) is 8.25. The topological polar surface area (TPSA) is 246 Å². The summed E-state index contributed by atoms with van der Waals surface area (Å²) in [6.45, 7) is 6.04. The third kappa shape index (κ3) is 15.6. The summed E-state index contributed by atoms with van der Waals surface area (Å²) in [5.41, 5.74) is 1.99. The van der Waals surface area contributed by atoms with Crippen LogP contribution >= 0.6 is 11.6 Å². The maximum absolute atomic E-state index is 14.2. The van der Waals surface area contributed by atoms with Gasteiger partial charge in [0.1, 0.15) is 30.3 Å². The normalized spacial score (nSPS) is 15.5. The van der Waals surface area contributed by atoms with E-state index < -0.39 is 24.0 Å². The van der Waals surface area contributed by atoms with E-state index in [2.05, 4.69) is 20.9 Å². The lowest BCUT2D eigenvalue weighted by Crippen LogP contribution is -2.48. The molecule has 0 saturated carbocycles. The van der Waals surface area contributed by atoms with Gasteiger partial charge in [-0.2, -0.15) is 0 Å². The average molecular weight is 1050 g/mol. The number of likely N-dealkylation sites (N-methyl/N-ethyl adjacent to an activating group) is 1. The number of amides is 7. The van der Waals surface area contributed by atoms with Crippen molar-refractivity contribution in [2.75, 3.05) is 143 Å². The summed E-state index contributed by atoms with van der Waals surface area (Å²) in [7, 11) is 2.01. The van der Waals surface area contributed by atoms with Crippen molar-refractivity contribution < 1.29 is 71.1 Å². The summed E-state index contributed by atoms with van der Waals surface area (Å²) >= 11 is 6.51. The number of furan rings is 1. The van der Waals surface area contributed by atoms with Gasteiger partial charge < -0.3 is 68.2 Å². The molecular formula is C51H62ClN7O15. The Kier molecular flexibility index (Phi) is 20.8. The number of carbonyl (C=O) groups is 7. The van der Waals surface area contributed by atoms with Gasteiger partial charge in [0.25, 0.3) is 17.7 Å². The lowest BCUT2D eigenvalue weighted by molar-refractivity contribution is -0.137. The Balaban J connectivity index is 0.710. The predicted molar refractivity (Wildman–Crippen MR) is 270 cm³/mol. The predicted octanol–water partition coefficient (Wildman–Crippen LogP) is 3.42. The molecule has 3 aliphatic rings. The number of fused-ring (bicyclic) bond motifs is 4. The molecule has 4 aromatic rings. The Hall–Kier alpha value is -6.82. The standard InChI is InChI=1S/C51H62ClN7O15/c1-56-16-18-57(19-17-56)51(66)74-42-32-40-48(39-5-3-2-4-38(39)42)36(33-52)34-59(40)49(64)43-31-35-30-37(6-7-41(35)73-43)71-22-14-55-50(65)72-23-13-54-45(61)11-20-67-24-26-69-28-29-70-27-25-68-21-12-53-44(60)10-15-58-46(62)8-9-47(58)63/h2-9,30-32,36H,10-29,33-34H2,1H3,(H,53,60)(H,54,61)(H,55,65)/t36-/m1/s1. The van der Waals surface area contributed by atoms with Crippen LogP contribution in [0.5, 0.6) is 11.5 Å². The summed E-state index contributed by atoms with van der Waals surface area (Å²) < 4.78 is 44.8. The van der Waals surface area contributed by atoms with Crippen molar-refractivity contribution in [2.45, 2.75) is 18.8 Å². The van der Waals surface area contributed by atoms with E-state index >= 15 is 0 Å². The first-order valence-corrected chi connectivity index (χ1v) is 25.1. The molecule has 4 heterocycles. The molecule has 1 atom stereocenters. The van der Waals surface area contributed by atoms with Gasteiger partial charge in [0.2, 0.25) is 11.8 Å². The molecule has 3 aliphatic heterocycles. The number of alkyl carbamates (subject to hydrolysis) is 1. The second kappa shape index (κ2) is 28.0. The summed E-state index contributed by atoms with van der Waals surface area (Å²) in [6, 6.07) is 16.2. The van der Waals surface area contributed by atoms with Crippen LogP contribution < -0.4 is 30.3 Å². The number of hydrogen-bond donors (Lipinski definition) is 3. The highest BCUT2D eigenvalue weighted by Gasteiger charge is 2.37. The molecule has 0 aliphatic carbocycles. The molecule has 74 heavy (non-hydrogen) atoms. The number of anilines is 1. The third-order valence-corrected chi connectivity index (χ3v) is 12.5. The van der Waals surface area contributed by atoms with E-state index in [1.165, 1.54) is 12.2 Å². The Labute approximate surface area is 432 Å². The first kappa shape index (κ1) is 54.9. The second-order valence-electron chi connectivity index (χ2n) is 17.3. The van der Waals surface area contributed by atoms with Crippen LogP contribution in [0.1, 0.15) is 34.9 Å². The van der Waals surface area contributed by atoms with Crippen LogP contribution in [0.4, 0.5) is 15.3 Å². The largest absolute Gasteiger partial charge is 0.492 e. The zero-order chi connectivity index (χ0) is 52.2. The molecule has 22 nitrogen and oxygen atoms in total. The van der Waals surface area contributed by atoms with Gasteiger partial charge in [-0.15, -0.1) is 11.6 Å². The van der Waals surface area contributed by atoms with Gasteiger partial charge in [-0.25, -0.2) is 9.59 Å². The summed E-state index contributed by atoms with van der Waals surface area (Å²) in [5, 5.41) is 10.2. The molecule has 7 rings (SSSR count). The number of rotatable bonds is 28. The number of ether oxygens (including phenoxy) is 7. The van der Waals surface area contributed by atoms with Crippen molar-refractivity contribution >= 4 is 80.8 Å². The van der Waals surface area contributed by atoms with Crippen molar-refractivity contribution in [3.8, 4) is 11.5 Å². The van der Waals surface area contributed by atoms with E-state index in [0.29, 0.717) is 87.4 Å². The molecular weight excluding hydrogens is 986 g/mol. The van der Waals surface area contributed by atoms with E-state index in [1.54, 1.807) is 40.1 Å². The minimum absolute atomic E-state index is 0.0196. The maximum Gasteiger partial charge on any atom is 0.415 e. The molecule has 1 aromatic heterocycles. The highest BCUT2D eigenvalue weighted by atomic mass is 35.5. The minimum Gasteiger partial charge on any atom is -0.492 e. The Bertz CT molecular complexity index is 2620. The molecule has 0 radical (unpaired) electrons. The molecule has 7 amide bonds. The van der Waals surface area contributed by atoms with Crippen molar-refractivity contribution in [1.82, 2.24) is 30.7 Å². The lowest BCUT2D eigenvalue weighted by atomic mass is 9.95. The molecule has 1 saturated heterocycles. The van der Waals surface area contributed by atoms with Crippen LogP contribution in [-0.4, -0.2) is 194 Å². The Morgan fingerprint density at radius 2 is 1.34 bits per heavy atom. The van der Waals surface area contributed by atoms with E-state index in [9.17, 15) is 33.6 Å². The monoisotopic (exact) mass is 1050 g/mol. The number of benzene rings is 3. The smallest absolute Gasteiger partial charge is 0.415 e. The van der Waals surface area contributed by atoms with Gasteiger partial charge in [-0.3, -0.25) is 28.9 Å². The zero-order valence-electron chi connectivity index (χ0n) is 41.3. The first-order chi connectivity index (χ1) is 36.0. The SMILES string of the molecule is CN1CCN(C(=O)Oc2cc3c(c4ccccc24)[C@H](CCl)CN3C(=O)c2cc3cc(OCCNC(=O)OCCNC(=O)CCOCCOCCOCCOCCNC(=O)CCN4C(=O)C=CC4=O)ccc3o2)CC1.